The first-order valence-corrected chi connectivity index (χ1v) is 4.40. The van der Waals surface area contributed by atoms with Crippen molar-refractivity contribution in [3.05, 3.63) is 23.9 Å². The van der Waals surface area contributed by atoms with E-state index in [4.69, 9.17) is 0 Å². The number of nitrogens with zero attached hydrogens (tertiary/aromatic N) is 4. The molecular weight excluding hydrogens is 180 g/mol. The van der Waals surface area contributed by atoms with Gasteiger partial charge in [-0.1, -0.05) is 13.8 Å². The van der Waals surface area contributed by atoms with Gasteiger partial charge in [0.15, 0.2) is 11.4 Å². The summed E-state index contributed by atoms with van der Waals surface area (Å²) in [7, 11) is 0. The fourth-order valence-corrected chi connectivity index (χ4v) is 1.23. The standard InChI is InChI=1S/C9H10N4O/c1-6(2)9(14)7-3-4-13-8(5-7)10-11-12-13/h3-6H,1-2H3. The maximum absolute atomic E-state index is 11.6. The van der Waals surface area contributed by atoms with Crippen molar-refractivity contribution < 1.29 is 4.79 Å². The first-order chi connectivity index (χ1) is 6.68. The molecule has 72 valence electrons. The number of carbonyl (C=O) groups excluding carboxylic acids is 1. The van der Waals surface area contributed by atoms with Crippen LogP contribution in [0.15, 0.2) is 18.3 Å². The Hall–Kier alpha value is -1.78. The summed E-state index contributed by atoms with van der Waals surface area (Å²) in [5.41, 5.74) is 1.25. The molecule has 0 atom stereocenters. The van der Waals surface area contributed by atoms with E-state index >= 15 is 0 Å². The van der Waals surface area contributed by atoms with Crippen molar-refractivity contribution >= 4 is 11.4 Å². The third kappa shape index (κ3) is 1.37. The molecule has 0 spiro atoms. The highest BCUT2D eigenvalue weighted by Gasteiger charge is 2.11. The second kappa shape index (κ2) is 3.17. The molecule has 0 aliphatic heterocycles. The molecule has 2 rings (SSSR count). The second-order valence-corrected chi connectivity index (χ2v) is 3.42. The quantitative estimate of drug-likeness (QED) is 0.662. The zero-order chi connectivity index (χ0) is 10.1. The lowest BCUT2D eigenvalue weighted by atomic mass is 10.0. The second-order valence-electron chi connectivity index (χ2n) is 3.42. The van der Waals surface area contributed by atoms with Gasteiger partial charge in [0.25, 0.3) is 0 Å². The number of hydrogen-bond donors (Lipinski definition) is 0. The Balaban J connectivity index is 2.48. The van der Waals surface area contributed by atoms with Crippen molar-refractivity contribution in [3.63, 3.8) is 0 Å². The van der Waals surface area contributed by atoms with Gasteiger partial charge in [0.1, 0.15) is 0 Å². The van der Waals surface area contributed by atoms with Gasteiger partial charge in [-0.2, -0.15) is 0 Å². The summed E-state index contributed by atoms with van der Waals surface area (Å²) in [6.07, 6.45) is 1.69. The molecule has 0 aliphatic carbocycles. The highest BCUT2D eigenvalue weighted by molar-refractivity contribution is 5.98. The SMILES string of the molecule is CC(C)C(=O)c1ccn2nnnc2c1. The van der Waals surface area contributed by atoms with Gasteiger partial charge >= 0.3 is 0 Å². The first kappa shape index (κ1) is 8.80. The zero-order valence-corrected chi connectivity index (χ0v) is 8.01. The Kier molecular flexibility index (Phi) is 1.99. The van der Waals surface area contributed by atoms with Gasteiger partial charge in [-0.25, -0.2) is 4.52 Å². The maximum Gasteiger partial charge on any atom is 0.179 e. The number of carbonyl (C=O) groups is 1. The third-order valence-corrected chi connectivity index (χ3v) is 2.01. The van der Waals surface area contributed by atoms with Crippen LogP contribution in [0.1, 0.15) is 24.2 Å². The molecular formula is C9H10N4O. The topological polar surface area (TPSA) is 60.2 Å². The summed E-state index contributed by atoms with van der Waals surface area (Å²) in [6.45, 7) is 3.74. The van der Waals surface area contributed by atoms with Crippen LogP contribution in [0, 0.1) is 5.92 Å². The number of rotatable bonds is 2. The number of ketones is 1. The molecule has 2 aromatic rings. The van der Waals surface area contributed by atoms with Crippen molar-refractivity contribution in [1.82, 2.24) is 20.0 Å². The van der Waals surface area contributed by atoms with Crippen LogP contribution in [0.5, 0.6) is 0 Å². The van der Waals surface area contributed by atoms with Crippen molar-refractivity contribution in [3.8, 4) is 0 Å². The molecule has 5 heteroatoms. The van der Waals surface area contributed by atoms with Gasteiger partial charge in [-0.05, 0) is 22.6 Å². The minimum absolute atomic E-state index is 0.00618. The Labute approximate surface area is 80.7 Å². The summed E-state index contributed by atoms with van der Waals surface area (Å²) < 4.78 is 1.52. The van der Waals surface area contributed by atoms with E-state index in [9.17, 15) is 4.79 Å². The van der Waals surface area contributed by atoms with Crippen molar-refractivity contribution in [2.45, 2.75) is 13.8 Å². The normalized spacial score (nSPS) is 11.1. The van der Waals surface area contributed by atoms with Crippen LogP contribution in [0.4, 0.5) is 0 Å². The first-order valence-electron chi connectivity index (χ1n) is 4.40. The van der Waals surface area contributed by atoms with Crippen molar-refractivity contribution in [2.24, 2.45) is 5.92 Å². The maximum atomic E-state index is 11.6. The average Bonchev–Trinajstić information content (AvgIpc) is 2.62. The van der Waals surface area contributed by atoms with Crippen LogP contribution < -0.4 is 0 Å². The predicted molar refractivity (Wildman–Crippen MR) is 50.0 cm³/mol. The highest BCUT2D eigenvalue weighted by atomic mass is 16.1. The Bertz CT molecular complexity index is 474. The van der Waals surface area contributed by atoms with E-state index in [0.717, 1.165) is 0 Å². The number of aromatic nitrogens is 4. The molecule has 0 aliphatic rings. The van der Waals surface area contributed by atoms with Crippen LogP contribution in [0.25, 0.3) is 5.65 Å². The van der Waals surface area contributed by atoms with E-state index in [1.807, 2.05) is 13.8 Å². The van der Waals surface area contributed by atoms with Crippen LogP contribution in [-0.2, 0) is 0 Å². The van der Waals surface area contributed by atoms with Crippen LogP contribution in [0.2, 0.25) is 0 Å². The Morgan fingerprint density at radius 3 is 3.00 bits per heavy atom. The van der Waals surface area contributed by atoms with Crippen molar-refractivity contribution in [1.29, 1.82) is 0 Å². The summed E-state index contributed by atoms with van der Waals surface area (Å²) in [6, 6.07) is 3.42. The van der Waals surface area contributed by atoms with Gasteiger partial charge in [-0.15, -0.1) is 5.10 Å². The molecule has 0 bridgehead atoms. The fraction of sp³-hybridized carbons (Fsp3) is 0.333. The molecule has 2 aromatic heterocycles. The summed E-state index contributed by atoms with van der Waals surface area (Å²) in [4.78, 5) is 11.6. The van der Waals surface area contributed by atoms with Gasteiger partial charge in [0, 0.05) is 17.7 Å². The van der Waals surface area contributed by atoms with Crippen LogP contribution >= 0.6 is 0 Å². The molecule has 0 fully saturated rings. The zero-order valence-electron chi connectivity index (χ0n) is 8.01. The average molecular weight is 190 g/mol. The van der Waals surface area contributed by atoms with Crippen LogP contribution in [0.3, 0.4) is 0 Å². The van der Waals surface area contributed by atoms with Gasteiger partial charge in [-0.3, -0.25) is 4.79 Å². The fourth-order valence-electron chi connectivity index (χ4n) is 1.23. The van der Waals surface area contributed by atoms with E-state index in [1.165, 1.54) is 4.52 Å². The van der Waals surface area contributed by atoms with Gasteiger partial charge in [0.2, 0.25) is 0 Å². The van der Waals surface area contributed by atoms with E-state index < -0.39 is 0 Å². The number of tetrazole rings is 1. The molecule has 0 N–H and O–H groups in total. The largest absolute Gasteiger partial charge is 0.294 e. The summed E-state index contributed by atoms with van der Waals surface area (Å²) in [5, 5.41) is 11.0. The number of hydrogen-bond acceptors (Lipinski definition) is 4. The number of fused-ring (bicyclic) bond motifs is 1. The molecule has 14 heavy (non-hydrogen) atoms. The molecule has 0 radical (unpaired) electrons. The molecule has 2 heterocycles. The lowest BCUT2D eigenvalue weighted by Crippen LogP contribution is -2.07. The molecule has 0 saturated carbocycles. The minimum Gasteiger partial charge on any atom is -0.294 e. The lowest BCUT2D eigenvalue weighted by molar-refractivity contribution is 0.0939. The Morgan fingerprint density at radius 1 is 1.50 bits per heavy atom. The Morgan fingerprint density at radius 2 is 2.29 bits per heavy atom. The molecule has 0 amide bonds. The predicted octanol–water partition coefficient (Wildman–Crippen LogP) is 0.963. The number of Topliss-reactive ketones (excluding diaryl/α,β-unsaturated/α-hetero) is 1. The monoisotopic (exact) mass is 190 g/mol. The third-order valence-electron chi connectivity index (χ3n) is 2.01. The lowest BCUT2D eigenvalue weighted by Gasteiger charge is -2.02. The molecule has 0 unspecified atom stereocenters. The van der Waals surface area contributed by atoms with E-state index in [2.05, 4.69) is 15.5 Å². The number of pyridine rings is 1. The summed E-state index contributed by atoms with van der Waals surface area (Å²) in [5.74, 6) is 0.101. The highest BCUT2D eigenvalue weighted by Crippen LogP contribution is 2.09. The van der Waals surface area contributed by atoms with Crippen molar-refractivity contribution in [2.75, 3.05) is 0 Å². The van der Waals surface area contributed by atoms with E-state index in [-0.39, 0.29) is 11.7 Å². The van der Waals surface area contributed by atoms with E-state index in [1.54, 1.807) is 18.3 Å². The summed E-state index contributed by atoms with van der Waals surface area (Å²) >= 11 is 0. The van der Waals surface area contributed by atoms with Crippen LogP contribution in [-0.4, -0.2) is 25.8 Å². The van der Waals surface area contributed by atoms with E-state index in [0.29, 0.717) is 11.2 Å². The van der Waals surface area contributed by atoms with Gasteiger partial charge in [0.05, 0.1) is 0 Å². The van der Waals surface area contributed by atoms with Gasteiger partial charge < -0.3 is 0 Å². The minimum atomic E-state index is -0.00618. The molecule has 5 nitrogen and oxygen atoms in total. The smallest absolute Gasteiger partial charge is 0.179 e. The molecule has 0 aromatic carbocycles. The molecule has 0 saturated heterocycles.